The van der Waals surface area contributed by atoms with E-state index in [0.717, 1.165) is 50.6 Å². The predicted molar refractivity (Wildman–Crippen MR) is 217 cm³/mol. The largest absolute Gasteiger partial charge is 0.459 e. The number of anilines is 3. The summed E-state index contributed by atoms with van der Waals surface area (Å²) in [6, 6.07) is 59.0. The zero-order chi connectivity index (χ0) is 34.3. The summed E-state index contributed by atoms with van der Waals surface area (Å²) in [5.74, 6) is 0.792. The van der Waals surface area contributed by atoms with Crippen LogP contribution < -0.4 is 4.90 Å². The second kappa shape index (κ2) is 12.6. The fourth-order valence-electron chi connectivity index (χ4n) is 7.36. The molecule has 242 valence electrons. The van der Waals surface area contributed by atoms with E-state index < -0.39 is 0 Å². The van der Waals surface area contributed by atoms with Crippen molar-refractivity contribution in [2.45, 2.75) is 6.92 Å². The zero-order valence-corrected chi connectivity index (χ0v) is 28.3. The van der Waals surface area contributed by atoms with Crippen LogP contribution in [0.2, 0.25) is 0 Å². The van der Waals surface area contributed by atoms with E-state index in [0.29, 0.717) is 0 Å². The third-order valence-electron chi connectivity index (χ3n) is 9.82. The van der Waals surface area contributed by atoms with E-state index in [-0.39, 0.29) is 0 Å². The molecule has 0 spiro atoms. The van der Waals surface area contributed by atoms with Gasteiger partial charge >= 0.3 is 0 Å². The van der Waals surface area contributed by atoms with Crippen LogP contribution in [-0.4, -0.2) is 6.21 Å². The molecular weight excluding hydrogens is 621 g/mol. The van der Waals surface area contributed by atoms with Gasteiger partial charge in [0.2, 0.25) is 0 Å². The summed E-state index contributed by atoms with van der Waals surface area (Å²) in [6.07, 6.45) is 3.39. The highest BCUT2D eigenvalue weighted by atomic mass is 16.3. The fraction of sp³-hybridized carbons (Fsp3) is 0.0208. The van der Waals surface area contributed by atoms with Gasteiger partial charge in [0.05, 0.1) is 5.69 Å². The Morgan fingerprint density at radius 2 is 1.10 bits per heavy atom. The Morgan fingerprint density at radius 1 is 0.510 bits per heavy atom. The topological polar surface area (TPSA) is 28.7 Å². The van der Waals surface area contributed by atoms with Crippen molar-refractivity contribution < 1.29 is 4.42 Å². The van der Waals surface area contributed by atoms with Crippen LogP contribution in [-0.2, 0) is 0 Å². The summed E-state index contributed by atoms with van der Waals surface area (Å²) in [7, 11) is 0. The molecule has 9 rings (SSSR count). The lowest BCUT2D eigenvalue weighted by molar-refractivity contribution is 0.579. The minimum Gasteiger partial charge on any atom is -0.459 e. The number of furan rings is 1. The van der Waals surface area contributed by atoms with Crippen LogP contribution in [0.4, 0.5) is 22.7 Å². The van der Waals surface area contributed by atoms with Crippen LogP contribution in [0, 0.1) is 6.92 Å². The minimum absolute atomic E-state index is 0.792. The van der Waals surface area contributed by atoms with Crippen molar-refractivity contribution in [1.82, 2.24) is 0 Å². The molecule has 0 amide bonds. The second-order valence-electron chi connectivity index (χ2n) is 12.8. The molecule has 3 heteroatoms. The Bertz CT molecular complexity index is 2760. The van der Waals surface area contributed by atoms with Gasteiger partial charge in [0.15, 0.2) is 0 Å². The van der Waals surface area contributed by atoms with Gasteiger partial charge in [-0.05, 0) is 98.6 Å². The molecular formula is C48H34N2O. The van der Waals surface area contributed by atoms with E-state index in [9.17, 15) is 0 Å². The smallest absolute Gasteiger partial charge is 0.136 e. The predicted octanol–water partition coefficient (Wildman–Crippen LogP) is 13.9. The van der Waals surface area contributed by atoms with Crippen LogP contribution >= 0.6 is 0 Å². The Morgan fingerprint density at radius 3 is 1.82 bits per heavy atom. The van der Waals surface area contributed by atoms with Crippen molar-refractivity contribution in [3.63, 3.8) is 0 Å². The fourth-order valence-corrected chi connectivity index (χ4v) is 7.36. The van der Waals surface area contributed by atoms with E-state index in [1.807, 2.05) is 13.0 Å². The summed E-state index contributed by atoms with van der Waals surface area (Å²) < 4.78 is 6.01. The van der Waals surface area contributed by atoms with E-state index in [4.69, 9.17) is 4.42 Å². The monoisotopic (exact) mass is 654 g/mol. The number of rotatable bonds is 7. The first-order valence-corrected chi connectivity index (χ1v) is 17.2. The van der Waals surface area contributed by atoms with Gasteiger partial charge in [0.1, 0.15) is 17.0 Å². The molecule has 0 aliphatic carbocycles. The summed E-state index contributed by atoms with van der Waals surface area (Å²) in [5, 5.41) is 8.40. The van der Waals surface area contributed by atoms with Crippen molar-refractivity contribution >= 4 is 72.3 Å². The maximum atomic E-state index is 6.01. The Kier molecular flexibility index (Phi) is 7.52. The number of fused-ring (bicyclic) bond motifs is 6. The van der Waals surface area contributed by atoms with Gasteiger partial charge in [-0.2, -0.15) is 0 Å². The molecule has 8 aromatic carbocycles. The number of aryl methyl sites for hydroxylation is 1. The average Bonchev–Trinajstić information content (AvgIpc) is 3.51. The molecule has 0 aliphatic rings. The Balaban J connectivity index is 1.22. The lowest BCUT2D eigenvalue weighted by Crippen LogP contribution is -2.10. The van der Waals surface area contributed by atoms with E-state index in [2.05, 4.69) is 174 Å². The third kappa shape index (κ3) is 5.36. The van der Waals surface area contributed by atoms with Crippen molar-refractivity contribution in [2.24, 2.45) is 4.99 Å². The number of benzene rings is 8. The molecule has 0 aliphatic heterocycles. The van der Waals surface area contributed by atoms with Crippen molar-refractivity contribution in [1.29, 1.82) is 0 Å². The first kappa shape index (κ1) is 30.4. The lowest BCUT2D eigenvalue weighted by atomic mass is 9.95. The Hall–Kier alpha value is -6.71. The molecule has 0 unspecified atom stereocenters. The van der Waals surface area contributed by atoms with Gasteiger partial charge in [0, 0.05) is 28.4 Å². The van der Waals surface area contributed by atoms with E-state index >= 15 is 0 Å². The quantitative estimate of drug-likeness (QED) is 0.126. The highest BCUT2D eigenvalue weighted by Crippen LogP contribution is 2.44. The first-order chi connectivity index (χ1) is 25.2. The van der Waals surface area contributed by atoms with Crippen molar-refractivity contribution in [3.8, 4) is 22.3 Å². The molecule has 1 aromatic heterocycles. The number of nitrogens with zero attached hydrogens (tertiary/aromatic N) is 2. The zero-order valence-electron chi connectivity index (χ0n) is 28.3. The molecule has 0 bridgehead atoms. The molecule has 0 fully saturated rings. The van der Waals surface area contributed by atoms with E-state index in [1.54, 1.807) is 12.3 Å². The van der Waals surface area contributed by atoms with Crippen LogP contribution in [0.15, 0.2) is 186 Å². The van der Waals surface area contributed by atoms with Crippen molar-refractivity contribution in [2.75, 3.05) is 4.90 Å². The van der Waals surface area contributed by atoms with Crippen LogP contribution in [0.1, 0.15) is 5.76 Å². The van der Waals surface area contributed by atoms with Gasteiger partial charge in [-0.3, -0.25) is 4.99 Å². The van der Waals surface area contributed by atoms with Gasteiger partial charge in [-0.1, -0.05) is 134 Å². The third-order valence-corrected chi connectivity index (χ3v) is 9.82. The number of allylic oxidation sites excluding steroid dienone is 1. The molecule has 0 saturated carbocycles. The summed E-state index contributed by atoms with van der Waals surface area (Å²) in [6.45, 7) is 5.73. The summed E-state index contributed by atoms with van der Waals surface area (Å²) in [5.41, 5.74) is 9.57. The molecule has 0 atom stereocenters. The standard InChI is InChI=1S/C48H34N2O/c1-3-29-49-48-32(2)51-47-28-22-37(30-45(47)48)35-19-25-39(26-20-35)50(38-23-17-34(18-24-38)33-11-5-4-6-12-33)46-31-44-40-14-8-7-13-36(40)21-27-42(44)41-15-9-10-16-43(41)46/h3-31H,1H2,2H3/b49-29-. The highest BCUT2D eigenvalue weighted by Gasteiger charge is 2.19. The SMILES string of the molecule is C=C/C=N\c1c(C)oc2ccc(-c3ccc(N(c4ccc(-c5ccccc5)cc4)c4cc5c6ccccc6ccc5c5ccccc45)cc3)cc12. The van der Waals surface area contributed by atoms with Crippen molar-refractivity contribution in [3.05, 3.63) is 182 Å². The van der Waals surface area contributed by atoms with Gasteiger partial charge < -0.3 is 9.32 Å². The molecule has 9 aromatic rings. The highest BCUT2D eigenvalue weighted by molar-refractivity contribution is 6.21. The van der Waals surface area contributed by atoms with Crippen LogP contribution in [0.3, 0.4) is 0 Å². The van der Waals surface area contributed by atoms with Crippen LogP contribution in [0.5, 0.6) is 0 Å². The molecule has 3 nitrogen and oxygen atoms in total. The normalized spacial score (nSPS) is 11.6. The maximum absolute atomic E-state index is 6.01. The minimum atomic E-state index is 0.792. The lowest BCUT2D eigenvalue weighted by Gasteiger charge is -2.28. The molecule has 0 saturated heterocycles. The maximum Gasteiger partial charge on any atom is 0.136 e. The average molecular weight is 655 g/mol. The van der Waals surface area contributed by atoms with E-state index in [1.165, 1.54) is 43.4 Å². The first-order valence-electron chi connectivity index (χ1n) is 17.2. The molecule has 1 heterocycles. The second-order valence-corrected chi connectivity index (χ2v) is 12.8. The van der Waals surface area contributed by atoms with Crippen LogP contribution in [0.25, 0.3) is 65.5 Å². The summed E-state index contributed by atoms with van der Waals surface area (Å²) >= 11 is 0. The molecule has 51 heavy (non-hydrogen) atoms. The number of hydrogen-bond acceptors (Lipinski definition) is 3. The Labute approximate surface area is 297 Å². The molecule has 0 radical (unpaired) electrons. The van der Waals surface area contributed by atoms with Gasteiger partial charge in [0.25, 0.3) is 0 Å². The summed E-state index contributed by atoms with van der Waals surface area (Å²) in [4.78, 5) is 6.99. The number of aliphatic imine (C=N–C) groups is 1. The molecule has 0 N–H and O–H groups in total. The van der Waals surface area contributed by atoms with Gasteiger partial charge in [-0.15, -0.1) is 0 Å². The van der Waals surface area contributed by atoms with Gasteiger partial charge in [-0.25, -0.2) is 0 Å². The number of hydrogen-bond donors (Lipinski definition) is 0.